The van der Waals surface area contributed by atoms with Crippen molar-refractivity contribution in [2.45, 2.75) is 31.4 Å². The van der Waals surface area contributed by atoms with Gasteiger partial charge in [0.25, 0.3) is 0 Å². The second-order valence-corrected chi connectivity index (χ2v) is 4.79. The number of ether oxygens (including phenoxy) is 2. The first-order valence-electron chi connectivity index (χ1n) is 6.78. The van der Waals surface area contributed by atoms with Crippen molar-refractivity contribution in [3.05, 3.63) is 35.9 Å². The monoisotopic (exact) mass is 249 g/mol. The van der Waals surface area contributed by atoms with Crippen LogP contribution in [0.3, 0.4) is 0 Å². The number of hydrogen-bond donors (Lipinski definition) is 1. The third-order valence-electron chi connectivity index (χ3n) is 3.42. The van der Waals surface area contributed by atoms with Gasteiger partial charge in [-0.25, -0.2) is 0 Å². The lowest BCUT2D eigenvalue weighted by molar-refractivity contribution is 0.0750. The summed E-state index contributed by atoms with van der Waals surface area (Å²) in [6.07, 6.45) is 3.72. The van der Waals surface area contributed by atoms with Crippen molar-refractivity contribution >= 4 is 0 Å². The molecule has 3 nitrogen and oxygen atoms in total. The highest BCUT2D eigenvalue weighted by Gasteiger charge is 2.25. The van der Waals surface area contributed by atoms with Crippen LogP contribution < -0.4 is 5.32 Å². The summed E-state index contributed by atoms with van der Waals surface area (Å²) in [6.45, 7) is 2.54. The first-order valence-corrected chi connectivity index (χ1v) is 6.78. The molecule has 1 aliphatic rings. The number of benzene rings is 1. The second-order valence-electron chi connectivity index (χ2n) is 4.79. The van der Waals surface area contributed by atoms with Crippen LogP contribution in [-0.4, -0.2) is 39.0 Å². The number of rotatable bonds is 7. The van der Waals surface area contributed by atoms with Gasteiger partial charge >= 0.3 is 0 Å². The van der Waals surface area contributed by atoms with E-state index < -0.39 is 0 Å². The molecule has 1 N–H and O–H groups in total. The van der Waals surface area contributed by atoms with E-state index in [2.05, 4.69) is 35.6 Å². The minimum Gasteiger partial charge on any atom is -0.383 e. The lowest BCUT2D eigenvalue weighted by atomic mass is 9.99. The average Bonchev–Trinajstić information content (AvgIpc) is 2.93. The van der Waals surface area contributed by atoms with E-state index in [4.69, 9.17) is 9.47 Å². The van der Waals surface area contributed by atoms with Crippen LogP contribution in [0.1, 0.15) is 18.4 Å². The van der Waals surface area contributed by atoms with Crippen molar-refractivity contribution in [3.63, 3.8) is 0 Å². The van der Waals surface area contributed by atoms with Gasteiger partial charge in [-0.15, -0.1) is 0 Å². The number of nitrogens with one attached hydrogen (secondary N) is 1. The highest BCUT2D eigenvalue weighted by atomic mass is 16.5. The van der Waals surface area contributed by atoms with E-state index in [1.165, 1.54) is 12.0 Å². The van der Waals surface area contributed by atoms with Crippen molar-refractivity contribution in [2.75, 3.05) is 26.9 Å². The van der Waals surface area contributed by atoms with Crippen molar-refractivity contribution in [2.24, 2.45) is 0 Å². The number of hydrogen-bond acceptors (Lipinski definition) is 3. The Labute approximate surface area is 109 Å². The van der Waals surface area contributed by atoms with E-state index >= 15 is 0 Å². The van der Waals surface area contributed by atoms with Crippen molar-refractivity contribution in [3.8, 4) is 0 Å². The molecule has 0 amide bonds. The van der Waals surface area contributed by atoms with Crippen molar-refractivity contribution in [1.29, 1.82) is 0 Å². The zero-order valence-electron chi connectivity index (χ0n) is 11.1. The maximum Gasteiger partial charge on any atom is 0.0732 e. The summed E-state index contributed by atoms with van der Waals surface area (Å²) in [4.78, 5) is 0. The average molecular weight is 249 g/mol. The predicted molar refractivity (Wildman–Crippen MR) is 72.8 cm³/mol. The molecule has 1 fully saturated rings. The van der Waals surface area contributed by atoms with Gasteiger partial charge in [0.1, 0.15) is 0 Å². The quantitative estimate of drug-likeness (QED) is 0.750. The summed E-state index contributed by atoms with van der Waals surface area (Å²) < 4.78 is 10.9. The fraction of sp³-hybridized carbons (Fsp3) is 0.600. The summed E-state index contributed by atoms with van der Waals surface area (Å²) in [5.74, 6) is 0. The molecule has 0 radical (unpaired) electrons. The molecular weight excluding hydrogens is 226 g/mol. The third kappa shape index (κ3) is 4.09. The molecule has 3 heteroatoms. The zero-order chi connectivity index (χ0) is 12.6. The smallest absolute Gasteiger partial charge is 0.0732 e. The van der Waals surface area contributed by atoms with E-state index in [1.807, 2.05) is 0 Å². The highest BCUT2D eigenvalue weighted by Crippen LogP contribution is 2.18. The van der Waals surface area contributed by atoms with E-state index in [1.54, 1.807) is 7.11 Å². The molecule has 1 heterocycles. The van der Waals surface area contributed by atoms with Crippen LogP contribution in [-0.2, 0) is 15.9 Å². The van der Waals surface area contributed by atoms with Crippen molar-refractivity contribution < 1.29 is 9.47 Å². The lowest BCUT2D eigenvalue weighted by Gasteiger charge is -2.24. The first-order chi connectivity index (χ1) is 8.90. The molecule has 0 bridgehead atoms. The molecule has 1 aromatic rings. The van der Waals surface area contributed by atoms with E-state index in [0.29, 0.717) is 12.1 Å². The Morgan fingerprint density at radius 1 is 1.39 bits per heavy atom. The Morgan fingerprint density at radius 2 is 2.22 bits per heavy atom. The summed E-state index contributed by atoms with van der Waals surface area (Å²) in [5.41, 5.74) is 1.36. The molecule has 1 saturated heterocycles. The van der Waals surface area contributed by atoms with Gasteiger partial charge in [-0.1, -0.05) is 30.3 Å². The van der Waals surface area contributed by atoms with E-state index in [9.17, 15) is 0 Å². The summed E-state index contributed by atoms with van der Waals surface area (Å²) >= 11 is 0. The topological polar surface area (TPSA) is 30.5 Å². The largest absolute Gasteiger partial charge is 0.383 e. The molecule has 0 aromatic heterocycles. The predicted octanol–water partition coefficient (Wildman–Crippen LogP) is 2.01. The molecule has 0 spiro atoms. The van der Waals surface area contributed by atoms with E-state index in [-0.39, 0.29) is 0 Å². The van der Waals surface area contributed by atoms with Gasteiger partial charge in [0, 0.05) is 26.3 Å². The molecule has 2 rings (SSSR count). The molecule has 18 heavy (non-hydrogen) atoms. The lowest BCUT2D eigenvalue weighted by Crippen LogP contribution is -2.42. The van der Waals surface area contributed by atoms with Crippen LogP contribution >= 0.6 is 0 Å². The highest BCUT2D eigenvalue weighted by molar-refractivity contribution is 5.16. The second kappa shape index (κ2) is 7.52. The van der Waals surface area contributed by atoms with Gasteiger partial charge in [0.15, 0.2) is 0 Å². The van der Waals surface area contributed by atoms with Gasteiger partial charge in [-0.05, 0) is 24.8 Å². The standard InChI is InChI=1S/C15H23NO2/c1-17-11-9-16-14(15-8-5-10-18-15)12-13-6-3-2-4-7-13/h2-4,6-7,14-16H,5,8-12H2,1H3/t14-,15-/m1/s1. The van der Waals surface area contributed by atoms with Gasteiger partial charge in [0.05, 0.1) is 12.7 Å². The van der Waals surface area contributed by atoms with Crippen molar-refractivity contribution in [1.82, 2.24) is 5.32 Å². The van der Waals surface area contributed by atoms with E-state index in [0.717, 1.165) is 32.6 Å². The first kappa shape index (κ1) is 13.5. The fourth-order valence-corrected chi connectivity index (χ4v) is 2.47. The minimum absolute atomic E-state index is 0.349. The molecule has 0 aliphatic carbocycles. The summed E-state index contributed by atoms with van der Waals surface area (Å²) in [6, 6.07) is 11.0. The minimum atomic E-state index is 0.349. The van der Waals surface area contributed by atoms with Crippen LogP contribution in [0, 0.1) is 0 Å². The van der Waals surface area contributed by atoms with Crippen LogP contribution in [0.15, 0.2) is 30.3 Å². The summed E-state index contributed by atoms with van der Waals surface area (Å²) in [5, 5.41) is 3.56. The fourth-order valence-electron chi connectivity index (χ4n) is 2.47. The van der Waals surface area contributed by atoms with Gasteiger partial charge in [-0.2, -0.15) is 0 Å². The van der Waals surface area contributed by atoms with Gasteiger partial charge < -0.3 is 14.8 Å². The number of methoxy groups -OCH3 is 1. The molecule has 0 unspecified atom stereocenters. The van der Waals surface area contributed by atoms with Crippen LogP contribution in [0.25, 0.3) is 0 Å². The summed E-state index contributed by atoms with van der Waals surface area (Å²) in [7, 11) is 1.74. The maximum atomic E-state index is 5.81. The SMILES string of the molecule is COCCN[C@H](Cc1ccccc1)[C@H]1CCCO1. The van der Waals surface area contributed by atoms with Gasteiger partial charge in [0.2, 0.25) is 0 Å². The molecule has 1 aliphatic heterocycles. The Morgan fingerprint density at radius 3 is 2.89 bits per heavy atom. The molecule has 1 aromatic carbocycles. The third-order valence-corrected chi connectivity index (χ3v) is 3.42. The molecule has 0 saturated carbocycles. The van der Waals surface area contributed by atoms with Gasteiger partial charge in [-0.3, -0.25) is 0 Å². The van der Waals surface area contributed by atoms with Crippen LogP contribution in [0.4, 0.5) is 0 Å². The Balaban J connectivity index is 1.90. The normalized spacial score (nSPS) is 21.1. The molecule has 2 atom stereocenters. The van der Waals surface area contributed by atoms with Crippen LogP contribution in [0.2, 0.25) is 0 Å². The Hall–Kier alpha value is -0.900. The van der Waals surface area contributed by atoms with Crippen LogP contribution in [0.5, 0.6) is 0 Å². The molecule has 100 valence electrons. The maximum absolute atomic E-state index is 5.81. The zero-order valence-corrected chi connectivity index (χ0v) is 11.1. The molecular formula is C15H23NO2. The Bertz CT molecular complexity index is 323. The Kier molecular flexibility index (Phi) is 5.65.